The molecule has 1 atom stereocenters. The topological polar surface area (TPSA) is 44.8 Å². The molecule has 0 spiro atoms. The first kappa shape index (κ1) is 26.0. The van der Waals surface area contributed by atoms with Crippen molar-refractivity contribution < 1.29 is 13.9 Å². The van der Waals surface area contributed by atoms with E-state index in [-0.39, 0.29) is 18.0 Å². The summed E-state index contributed by atoms with van der Waals surface area (Å²) in [5.41, 5.74) is 3.86. The number of rotatable bonds is 6. The van der Waals surface area contributed by atoms with Crippen molar-refractivity contribution in [3.05, 3.63) is 84.2 Å². The predicted molar refractivity (Wildman–Crippen MR) is 145 cm³/mol. The smallest absolute Gasteiger partial charge is 0.410 e. The minimum atomic E-state index is -0.477. The second kappa shape index (κ2) is 11.4. The van der Waals surface area contributed by atoms with Gasteiger partial charge in [-0.25, -0.2) is 9.18 Å². The number of amides is 1. The van der Waals surface area contributed by atoms with Crippen LogP contribution in [0.2, 0.25) is 0 Å². The molecule has 1 aliphatic rings. The van der Waals surface area contributed by atoms with E-state index in [1.54, 1.807) is 24.1 Å². The van der Waals surface area contributed by atoms with Gasteiger partial charge in [0.1, 0.15) is 11.4 Å². The monoisotopic (exact) mass is 507 g/mol. The molecule has 3 aromatic rings. The molecule has 1 heterocycles. The zero-order valence-corrected chi connectivity index (χ0v) is 22.1. The fourth-order valence-corrected chi connectivity index (χ4v) is 4.82. The Morgan fingerprint density at radius 2 is 1.58 bits per heavy atom. The summed E-state index contributed by atoms with van der Waals surface area (Å²) in [6.45, 7) is 10.9. The molecule has 1 N–H and O–H groups in total. The third kappa shape index (κ3) is 7.24. The lowest BCUT2D eigenvalue weighted by atomic mass is 10.1. The number of anilines is 1. The number of ether oxygens (including phenoxy) is 1. The number of nitrogens with one attached hydrogen (secondary N) is 1. The summed E-state index contributed by atoms with van der Waals surface area (Å²) in [6, 6.07) is 23.3. The van der Waals surface area contributed by atoms with E-state index in [0.717, 1.165) is 41.3 Å². The largest absolute Gasteiger partial charge is 0.444 e. The number of halogens is 1. The molecule has 1 aliphatic heterocycles. The van der Waals surface area contributed by atoms with Gasteiger partial charge in [0, 0.05) is 42.8 Å². The lowest BCUT2D eigenvalue weighted by Crippen LogP contribution is -2.54. The third-order valence-corrected chi connectivity index (χ3v) is 6.86. The van der Waals surface area contributed by atoms with Crippen molar-refractivity contribution in [3.8, 4) is 11.1 Å². The molecule has 0 bridgehead atoms. The average molecular weight is 508 g/mol. The first-order chi connectivity index (χ1) is 17.2. The van der Waals surface area contributed by atoms with Crippen LogP contribution in [0.4, 0.5) is 14.9 Å². The van der Waals surface area contributed by atoms with Crippen molar-refractivity contribution in [2.24, 2.45) is 0 Å². The third-order valence-electron chi connectivity index (χ3n) is 6.02. The highest BCUT2D eigenvalue weighted by Gasteiger charge is 2.30. The first-order valence-corrected chi connectivity index (χ1v) is 13.1. The van der Waals surface area contributed by atoms with E-state index in [1.165, 1.54) is 17.7 Å². The second-order valence-corrected chi connectivity index (χ2v) is 11.1. The van der Waals surface area contributed by atoms with Gasteiger partial charge in [-0.05, 0) is 92.7 Å². The van der Waals surface area contributed by atoms with Crippen LogP contribution in [0.3, 0.4) is 0 Å². The van der Waals surface area contributed by atoms with Crippen LogP contribution in [-0.4, -0.2) is 47.2 Å². The molecule has 36 heavy (non-hydrogen) atoms. The maximum absolute atomic E-state index is 13.1. The Morgan fingerprint density at radius 1 is 0.972 bits per heavy atom. The predicted octanol–water partition coefficient (Wildman–Crippen LogP) is 7.05. The Balaban J connectivity index is 1.25. The molecule has 190 valence electrons. The van der Waals surface area contributed by atoms with Gasteiger partial charge in [-0.3, -0.25) is 4.90 Å². The van der Waals surface area contributed by atoms with E-state index in [9.17, 15) is 9.18 Å². The van der Waals surface area contributed by atoms with Crippen molar-refractivity contribution in [2.75, 3.05) is 24.4 Å². The first-order valence-electron chi connectivity index (χ1n) is 12.3. The molecule has 0 aromatic heterocycles. The molecule has 7 heteroatoms. The van der Waals surface area contributed by atoms with Gasteiger partial charge in [0.15, 0.2) is 0 Å². The second-order valence-electron chi connectivity index (χ2n) is 10.2. The van der Waals surface area contributed by atoms with E-state index < -0.39 is 5.60 Å². The summed E-state index contributed by atoms with van der Waals surface area (Å²) >= 11 is 1.56. The van der Waals surface area contributed by atoms with Gasteiger partial charge in [0.2, 0.25) is 0 Å². The SMILES string of the molecule is CC1CN(Cc2ccc(NSc3ccc(-c4ccc(F)cc4)cc3)cc2)CCN1C(=O)OC(C)(C)C. The molecule has 4 rings (SSSR count). The van der Waals surface area contributed by atoms with Crippen LogP contribution in [0.15, 0.2) is 77.7 Å². The molecular weight excluding hydrogens is 473 g/mol. The molecule has 3 aromatic carbocycles. The van der Waals surface area contributed by atoms with Gasteiger partial charge < -0.3 is 14.4 Å². The maximum Gasteiger partial charge on any atom is 0.410 e. The summed E-state index contributed by atoms with van der Waals surface area (Å²) in [6.07, 6.45) is -0.229. The van der Waals surface area contributed by atoms with Gasteiger partial charge in [-0.2, -0.15) is 0 Å². The fourth-order valence-electron chi connectivity index (χ4n) is 4.18. The van der Waals surface area contributed by atoms with Gasteiger partial charge >= 0.3 is 6.09 Å². The Kier molecular flexibility index (Phi) is 8.21. The van der Waals surface area contributed by atoms with Gasteiger partial charge in [-0.1, -0.05) is 36.4 Å². The number of hydrogen-bond acceptors (Lipinski definition) is 5. The van der Waals surface area contributed by atoms with Crippen molar-refractivity contribution >= 4 is 23.7 Å². The van der Waals surface area contributed by atoms with Crippen molar-refractivity contribution in [3.63, 3.8) is 0 Å². The van der Waals surface area contributed by atoms with Gasteiger partial charge in [-0.15, -0.1) is 0 Å². The summed E-state index contributed by atoms with van der Waals surface area (Å²) < 4.78 is 22.1. The van der Waals surface area contributed by atoms with Crippen LogP contribution < -0.4 is 4.72 Å². The molecule has 1 unspecified atom stereocenters. The zero-order chi connectivity index (χ0) is 25.7. The minimum Gasteiger partial charge on any atom is -0.444 e. The van der Waals surface area contributed by atoms with Crippen molar-refractivity contribution in [2.45, 2.75) is 50.8 Å². The Bertz CT molecular complexity index is 1150. The van der Waals surface area contributed by atoms with E-state index in [2.05, 4.69) is 52.9 Å². The van der Waals surface area contributed by atoms with Gasteiger partial charge in [0.05, 0.1) is 0 Å². The molecule has 5 nitrogen and oxygen atoms in total. The molecule has 0 saturated carbocycles. The van der Waals surface area contributed by atoms with Crippen LogP contribution in [0.5, 0.6) is 0 Å². The molecular formula is C29H34FN3O2S. The standard InChI is InChI=1S/C29H34FN3O2S/c1-21-19-32(17-18-33(21)28(34)35-29(2,3)4)20-22-5-13-26(14-6-22)31-36-27-15-9-24(10-16-27)23-7-11-25(30)12-8-23/h5-16,21,31H,17-20H2,1-4H3. The van der Waals surface area contributed by atoms with Crippen LogP contribution in [0.25, 0.3) is 11.1 Å². The number of hydrogen-bond donors (Lipinski definition) is 1. The van der Waals surface area contributed by atoms with E-state index in [1.807, 2.05) is 37.8 Å². The number of nitrogens with zero attached hydrogens (tertiary/aromatic N) is 2. The molecule has 1 saturated heterocycles. The van der Waals surface area contributed by atoms with Gasteiger partial charge in [0.25, 0.3) is 0 Å². The molecule has 1 amide bonds. The normalized spacial score (nSPS) is 16.6. The molecule has 1 fully saturated rings. The average Bonchev–Trinajstić information content (AvgIpc) is 2.83. The lowest BCUT2D eigenvalue weighted by molar-refractivity contribution is 0.000560. The summed E-state index contributed by atoms with van der Waals surface area (Å²) in [5.74, 6) is -0.225. The van der Waals surface area contributed by atoms with Crippen molar-refractivity contribution in [1.29, 1.82) is 0 Å². The number of piperazine rings is 1. The van der Waals surface area contributed by atoms with Crippen LogP contribution in [0, 0.1) is 5.82 Å². The number of carbonyl (C=O) groups excluding carboxylic acids is 1. The maximum atomic E-state index is 13.1. The van der Waals surface area contributed by atoms with E-state index in [4.69, 9.17) is 4.74 Å². The number of carbonyl (C=O) groups is 1. The van der Waals surface area contributed by atoms with E-state index >= 15 is 0 Å². The fraction of sp³-hybridized carbons (Fsp3) is 0.345. The summed E-state index contributed by atoms with van der Waals surface area (Å²) in [4.78, 5) is 17.8. The Hall–Kier alpha value is -3.03. The number of benzene rings is 3. The zero-order valence-electron chi connectivity index (χ0n) is 21.3. The molecule has 0 radical (unpaired) electrons. The van der Waals surface area contributed by atoms with Crippen molar-refractivity contribution in [1.82, 2.24) is 9.80 Å². The highest BCUT2D eigenvalue weighted by Crippen LogP contribution is 2.26. The lowest BCUT2D eigenvalue weighted by Gasteiger charge is -2.40. The summed E-state index contributed by atoms with van der Waals surface area (Å²) in [7, 11) is 0. The Labute approximate surface area is 217 Å². The van der Waals surface area contributed by atoms with Crippen LogP contribution in [0.1, 0.15) is 33.3 Å². The van der Waals surface area contributed by atoms with E-state index in [0.29, 0.717) is 6.54 Å². The highest BCUT2D eigenvalue weighted by molar-refractivity contribution is 8.00. The van der Waals surface area contributed by atoms with Crippen LogP contribution >= 0.6 is 11.9 Å². The quantitative estimate of drug-likeness (QED) is 0.362. The summed E-state index contributed by atoms with van der Waals surface area (Å²) in [5, 5.41) is 0. The molecule has 0 aliphatic carbocycles. The minimum absolute atomic E-state index is 0.111. The van der Waals surface area contributed by atoms with Crippen LogP contribution in [-0.2, 0) is 11.3 Å². The highest BCUT2D eigenvalue weighted by atomic mass is 32.2. The Morgan fingerprint density at radius 3 is 2.17 bits per heavy atom.